The first-order chi connectivity index (χ1) is 6.57. The molecule has 0 aliphatic heterocycles. The molecule has 15 heavy (non-hydrogen) atoms. The van der Waals surface area contributed by atoms with Gasteiger partial charge in [0.25, 0.3) is 0 Å². The van der Waals surface area contributed by atoms with Crippen molar-refractivity contribution in [2.24, 2.45) is 5.16 Å². The lowest BCUT2D eigenvalue weighted by Crippen LogP contribution is -2.42. The van der Waals surface area contributed by atoms with E-state index in [9.17, 15) is 9.59 Å². The van der Waals surface area contributed by atoms with Crippen LogP contribution in [0.5, 0.6) is 0 Å². The average Bonchev–Trinajstić information content (AvgIpc) is 2.00. The smallest absolute Gasteiger partial charge is 0.307 e. The number of hydrogen-bond donors (Lipinski definition) is 3. The van der Waals surface area contributed by atoms with Crippen molar-refractivity contribution >= 4 is 55.2 Å². The number of hydrogen-bond acceptors (Lipinski definition) is 6. The van der Waals surface area contributed by atoms with Crippen LogP contribution in [0, 0.1) is 0 Å². The molecule has 0 heterocycles. The first kappa shape index (κ1) is 14.9. The van der Waals surface area contributed by atoms with E-state index < -0.39 is 14.8 Å². The van der Waals surface area contributed by atoms with Gasteiger partial charge in [0.05, 0.1) is 11.0 Å². The number of carbonyl (C=O) groups excluding carboxylic acids is 2. The Morgan fingerprint density at radius 1 is 1.27 bits per heavy atom. The summed E-state index contributed by atoms with van der Waals surface area (Å²) >= 11 is 11.6. The van der Waals surface area contributed by atoms with Crippen LogP contribution in [-0.2, 0) is 9.63 Å². The fourth-order valence-electron chi connectivity index (χ4n) is 0.852. The minimum Gasteiger partial charge on any atom is -0.307 e. The van der Waals surface area contributed by atoms with Crippen molar-refractivity contribution in [1.82, 2.24) is 0 Å². The largest absolute Gasteiger partial charge is 0.390 e. The number of thiol groups is 3. The molecule has 0 aliphatic rings. The molecule has 1 unspecified atom stereocenters. The molecule has 0 aromatic heterocycles. The summed E-state index contributed by atoms with van der Waals surface area (Å²) in [7, 11) is 0. The molecular formula is C8H13NO3S3. The quantitative estimate of drug-likeness (QED) is 0.316. The second kappa shape index (κ2) is 5.27. The van der Waals surface area contributed by atoms with Crippen LogP contribution in [0.4, 0.5) is 4.79 Å². The number of nitrogens with zero attached hydrogens (tertiary/aromatic N) is 1. The zero-order valence-electron chi connectivity index (χ0n) is 8.59. The zero-order chi connectivity index (χ0) is 12.3. The number of rotatable bonds is 4. The van der Waals surface area contributed by atoms with Gasteiger partial charge in [-0.2, -0.15) is 25.3 Å². The van der Waals surface area contributed by atoms with Gasteiger partial charge in [-0.15, -0.1) is 0 Å². The molecule has 0 N–H and O–H groups in total. The monoisotopic (exact) mass is 267 g/mol. The van der Waals surface area contributed by atoms with Crippen LogP contribution >= 0.6 is 37.9 Å². The summed E-state index contributed by atoms with van der Waals surface area (Å²) in [6.07, 6.45) is 1.13. The number of ketones is 1. The number of oxime groups is 1. The molecule has 0 saturated heterocycles. The third kappa shape index (κ3) is 5.48. The highest BCUT2D eigenvalue weighted by atomic mass is 32.1. The highest BCUT2D eigenvalue weighted by Gasteiger charge is 2.36. The Morgan fingerprint density at radius 2 is 1.73 bits per heavy atom. The van der Waals surface area contributed by atoms with E-state index in [1.807, 2.05) is 0 Å². The van der Waals surface area contributed by atoms with Crippen LogP contribution in [0.1, 0.15) is 20.8 Å². The summed E-state index contributed by atoms with van der Waals surface area (Å²) < 4.78 is -1.98. The molecular weight excluding hydrogens is 254 g/mol. The summed E-state index contributed by atoms with van der Waals surface area (Å²) in [5, 5.41) is 2.44. The first-order valence-corrected chi connectivity index (χ1v) is 5.35. The molecule has 4 nitrogen and oxygen atoms in total. The second-order valence-corrected chi connectivity index (χ2v) is 6.04. The number of carbonyl (C=O) groups is 2. The van der Waals surface area contributed by atoms with Gasteiger partial charge in [-0.1, -0.05) is 17.8 Å². The van der Waals surface area contributed by atoms with E-state index in [-0.39, 0.29) is 5.78 Å². The maximum absolute atomic E-state index is 11.8. The SMILES string of the molecule is CC(C)(S)C(=O)C(C)(S)/C=N\OC(=O)S. The molecule has 7 heteroatoms. The molecule has 0 aromatic carbocycles. The normalized spacial score (nSPS) is 16.1. The summed E-state index contributed by atoms with van der Waals surface area (Å²) in [5.74, 6) is -0.249. The standard InChI is InChI=1S/C8H13NO3S3/c1-7(2,14)5(10)8(3,15)4-9-12-6(11)13/h4,14-15H,1-3H3,(H,11,13)/b9-4-. The van der Waals surface area contributed by atoms with E-state index >= 15 is 0 Å². The highest BCUT2D eigenvalue weighted by molar-refractivity contribution is 7.96. The van der Waals surface area contributed by atoms with Crippen LogP contribution in [0.3, 0.4) is 0 Å². The van der Waals surface area contributed by atoms with E-state index in [2.05, 4.69) is 47.9 Å². The summed E-state index contributed by atoms with van der Waals surface area (Å²) in [6, 6.07) is 0. The Bertz CT molecular complexity index is 294. The maximum Gasteiger partial charge on any atom is 0.390 e. The average molecular weight is 267 g/mol. The van der Waals surface area contributed by atoms with Gasteiger partial charge >= 0.3 is 5.30 Å². The third-order valence-electron chi connectivity index (χ3n) is 1.45. The van der Waals surface area contributed by atoms with Crippen LogP contribution in [0.25, 0.3) is 0 Å². The Labute approximate surface area is 105 Å². The molecule has 1 atom stereocenters. The molecule has 0 aliphatic carbocycles. The Balaban J connectivity index is 4.62. The third-order valence-corrected chi connectivity index (χ3v) is 2.05. The van der Waals surface area contributed by atoms with E-state index in [0.29, 0.717) is 0 Å². The molecule has 0 rings (SSSR count). The first-order valence-electron chi connectivity index (χ1n) is 4.01. The van der Waals surface area contributed by atoms with Gasteiger partial charge in [-0.25, -0.2) is 4.79 Å². The Hall–Kier alpha value is -0.140. The van der Waals surface area contributed by atoms with E-state index in [4.69, 9.17) is 0 Å². The summed E-state index contributed by atoms with van der Waals surface area (Å²) in [4.78, 5) is 26.3. The van der Waals surface area contributed by atoms with E-state index in [1.54, 1.807) is 13.8 Å². The molecule has 0 spiro atoms. The molecule has 0 amide bonds. The topological polar surface area (TPSA) is 55.7 Å². The van der Waals surface area contributed by atoms with Crippen LogP contribution in [0.15, 0.2) is 5.16 Å². The van der Waals surface area contributed by atoms with Crippen molar-refractivity contribution in [1.29, 1.82) is 0 Å². The van der Waals surface area contributed by atoms with Crippen molar-refractivity contribution in [3.63, 3.8) is 0 Å². The highest BCUT2D eigenvalue weighted by Crippen LogP contribution is 2.24. The molecule has 0 fully saturated rings. The fourth-order valence-corrected chi connectivity index (χ4v) is 1.55. The van der Waals surface area contributed by atoms with E-state index in [0.717, 1.165) is 6.21 Å². The van der Waals surface area contributed by atoms with Crippen molar-refractivity contribution in [3.05, 3.63) is 0 Å². The van der Waals surface area contributed by atoms with Gasteiger partial charge in [0.1, 0.15) is 4.75 Å². The lowest BCUT2D eigenvalue weighted by atomic mass is 9.96. The van der Waals surface area contributed by atoms with Gasteiger partial charge in [0, 0.05) is 0 Å². The van der Waals surface area contributed by atoms with Gasteiger partial charge < -0.3 is 4.84 Å². The minimum atomic E-state index is -1.14. The lowest BCUT2D eigenvalue weighted by Gasteiger charge is -2.25. The Morgan fingerprint density at radius 3 is 2.07 bits per heavy atom. The lowest BCUT2D eigenvalue weighted by molar-refractivity contribution is -0.120. The predicted octanol–water partition coefficient (Wildman–Crippen LogP) is 2.00. The van der Waals surface area contributed by atoms with Gasteiger partial charge in [-0.05, 0) is 20.8 Å². The van der Waals surface area contributed by atoms with Crippen molar-refractivity contribution < 1.29 is 14.4 Å². The second-order valence-electron chi connectivity index (χ2n) is 3.63. The Kier molecular flexibility index (Phi) is 5.22. The summed E-state index contributed by atoms with van der Waals surface area (Å²) in [6.45, 7) is 4.82. The van der Waals surface area contributed by atoms with E-state index in [1.165, 1.54) is 6.92 Å². The van der Waals surface area contributed by atoms with Crippen LogP contribution < -0.4 is 0 Å². The fraction of sp³-hybridized carbons (Fsp3) is 0.625. The van der Waals surface area contributed by atoms with Crippen molar-refractivity contribution in [3.8, 4) is 0 Å². The van der Waals surface area contributed by atoms with Crippen LogP contribution in [0.2, 0.25) is 0 Å². The number of Topliss-reactive ketones (excluding diaryl/α,β-unsaturated/α-hetero) is 1. The van der Waals surface area contributed by atoms with Gasteiger partial charge in [0.2, 0.25) is 0 Å². The minimum absolute atomic E-state index is 0.249. The predicted molar refractivity (Wildman–Crippen MR) is 69.4 cm³/mol. The molecule has 0 bridgehead atoms. The zero-order valence-corrected chi connectivity index (χ0v) is 11.3. The van der Waals surface area contributed by atoms with Gasteiger partial charge in [0.15, 0.2) is 5.78 Å². The summed E-state index contributed by atoms with van der Waals surface area (Å²) in [5.41, 5.74) is 0. The molecule has 0 radical (unpaired) electrons. The van der Waals surface area contributed by atoms with Crippen molar-refractivity contribution in [2.45, 2.75) is 30.3 Å². The molecule has 0 aromatic rings. The molecule has 0 saturated carbocycles. The van der Waals surface area contributed by atoms with Crippen LogP contribution in [-0.4, -0.2) is 26.8 Å². The maximum atomic E-state index is 11.8. The van der Waals surface area contributed by atoms with Gasteiger partial charge in [-0.3, -0.25) is 4.79 Å². The van der Waals surface area contributed by atoms with Crippen molar-refractivity contribution in [2.75, 3.05) is 0 Å². The molecule has 86 valence electrons.